The summed E-state index contributed by atoms with van der Waals surface area (Å²) in [4.78, 5) is -0.900. The van der Waals surface area contributed by atoms with Crippen LogP contribution >= 0.6 is 0 Å². The van der Waals surface area contributed by atoms with E-state index in [9.17, 15) is 25.6 Å². The summed E-state index contributed by atoms with van der Waals surface area (Å²) in [5.74, 6) is -0.167. The molecule has 1 aliphatic rings. The second-order valence-corrected chi connectivity index (χ2v) is 12.0. The maximum absolute atomic E-state index is 13.1. The van der Waals surface area contributed by atoms with Crippen molar-refractivity contribution >= 4 is 43.0 Å². The first-order valence-corrected chi connectivity index (χ1v) is 14.6. The molecule has 0 bridgehead atoms. The van der Waals surface area contributed by atoms with E-state index < -0.39 is 40.9 Å². The third-order valence-corrected chi connectivity index (χ3v) is 7.96. The molecular weight excluding hydrogens is 518 g/mol. The first-order valence-electron chi connectivity index (χ1n) is 10.2. The van der Waals surface area contributed by atoms with Crippen LogP contribution < -0.4 is 10.0 Å². The van der Waals surface area contributed by atoms with Crippen LogP contribution in [0.15, 0.2) is 50.6 Å². The van der Waals surface area contributed by atoms with E-state index in [0.29, 0.717) is 23.4 Å². The van der Waals surface area contributed by atoms with Gasteiger partial charge < -0.3 is 9.87 Å². The van der Waals surface area contributed by atoms with E-state index in [-0.39, 0.29) is 17.3 Å². The predicted molar refractivity (Wildman–Crippen MR) is 129 cm³/mol. The molecule has 0 spiro atoms. The Labute approximate surface area is 203 Å². The number of hydrogen-bond donors (Lipinski definition) is 4. The molecule has 35 heavy (non-hydrogen) atoms. The summed E-state index contributed by atoms with van der Waals surface area (Å²) in [6.45, 7) is 1.34. The number of H-pyrrole nitrogens is 1. The van der Waals surface area contributed by atoms with Gasteiger partial charge >= 0.3 is 0 Å². The second kappa shape index (κ2) is 9.90. The van der Waals surface area contributed by atoms with Gasteiger partial charge in [-0.2, -0.15) is 18.0 Å². The fourth-order valence-electron chi connectivity index (χ4n) is 3.63. The van der Waals surface area contributed by atoms with Gasteiger partial charge in [0, 0.05) is 24.4 Å². The molecule has 13 nitrogen and oxygen atoms in total. The first-order chi connectivity index (χ1) is 16.5. The van der Waals surface area contributed by atoms with Crippen molar-refractivity contribution < 1.29 is 25.6 Å². The zero-order valence-electron chi connectivity index (χ0n) is 18.2. The van der Waals surface area contributed by atoms with E-state index in [0.717, 1.165) is 19.2 Å². The molecule has 1 aliphatic heterocycles. The summed E-state index contributed by atoms with van der Waals surface area (Å²) in [5.41, 5.74) is 1.10. The lowest BCUT2D eigenvalue weighted by Crippen LogP contribution is -2.11. The number of nitrogens with one attached hydrogen (secondary N) is 3. The minimum Gasteiger partial charge on any atom is -0.316 e. The van der Waals surface area contributed by atoms with E-state index in [2.05, 4.69) is 35.1 Å². The van der Waals surface area contributed by atoms with Crippen LogP contribution in [-0.2, 0) is 31.1 Å². The number of aromatic amines is 1. The van der Waals surface area contributed by atoms with Crippen molar-refractivity contribution in [3.63, 3.8) is 0 Å². The van der Waals surface area contributed by atoms with Gasteiger partial charge in [0.15, 0.2) is 11.1 Å². The topological polar surface area (TPSA) is 196 Å². The minimum atomic E-state index is -4.34. The van der Waals surface area contributed by atoms with E-state index >= 15 is 0 Å². The third-order valence-electron chi connectivity index (χ3n) is 5.15. The Morgan fingerprint density at radius 2 is 1.91 bits per heavy atom. The molecule has 2 heterocycles. The molecule has 1 aromatic heterocycles. The van der Waals surface area contributed by atoms with E-state index in [1.807, 2.05) is 0 Å². The Kier molecular flexibility index (Phi) is 7.09. The highest BCUT2D eigenvalue weighted by atomic mass is 32.2. The minimum absolute atomic E-state index is 0.0257. The Balaban J connectivity index is 1.86. The van der Waals surface area contributed by atoms with E-state index in [1.165, 1.54) is 30.5 Å². The molecule has 0 aliphatic carbocycles. The second-order valence-electron chi connectivity index (χ2n) is 7.73. The molecule has 0 amide bonds. The van der Waals surface area contributed by atoms with Crippen molar-refractivity contribution in [1.82, 2.24) is 25.9 Å². The number of aromatic nitrogens is 4. The van der Waals surface area contributed by atoms with Gasteiger partial charge in [0.25, 0.3) is 10.0 Å². The van der Waals surface area contributed by atoms with Gasteiger partial charge in [0.2, 0.25) is 15.8 Å². The smallest absolute Gasteiger partial charge is 0.283 e. The summed E-state index contributed by atoms with van der Waals surface area (Å²) in [6, 6.07) is 8.77. The Hall–Kier alpha value is -3.05. The number of rotatable bonds is 8. The van der Waals surface area contributed by atoms with Gasteiger partial charge in [-0.1, -0.05) is 18.2 Å². The number of tetrazole rings is 1. The molecule has 186 valence electrons. The standard InChI is InChI=1S/C19H21N7O6S3/c1-34(29,30)24-14-4-2-13(3-5-14)15-6-7-16(35(31,32)21-11-12-8-9-20-10-12)18(33(27)28)17(15)19-22-25-26-23-19/h2-7,11-12,20,24H,8-10H2,1H3,(H,27,28)(H,22,23,25,26). The molecule has 0 saturated carbocycles. The fourth-order valence-corrected chi connectivity index (χ4v) is 6.36. The number of anilines is 1. The van der Waals surface area contributed by atoms with Gasteiger partial charge in [-0.05, 0) is 47.5 Å². The van der Waals surface area contributed by atoms with Gasteiger partial charge in [-0.3, -0.25) is 4.72 Å². The average molecular weight is 540 g/mol. The van der Waals surface area contributed by atoms with Crippen LogP contribution in [0.2, 0.25) is 0 Å². The van der Waals surface area contributed by atoms with Crippen LogP contribution in [0, 0.1) is 5.92 Å². The molecule has 16 heteroatoms. The van der Waals surface area contributed by atoms with Crippen molar-refractivity contribution in [1.29, 1.82) is 0 Å². The quantitative estimate of drug-likeness (QED) is 0.235. The molecule has 1 fully saturated rings. The van der Waals surface area contributed by atoms with Crippen molar-refractivity contribution in [2.75, 3.05) is 24.1 Å². The lowest BCUT2D eigenvalue weighted by Gasteiger charge is -2.14. The molecular formula is C19H21N7O6S3. The van der Waals surface area contributed by atoms with Crippen LogP contribution in [-0.4, -0.2) is 71.8 Å². The largest absolute Gasteiger partial charge is 0.316 e. The molecule has 1 saturated heterocycles. The highest BCUT2D eigenvalue weighted by Gasteiger charge is 2.29. The van der Waals surface area contributed by atoms with Gasteiger partial charge in [-0.15, -0.1) is 10.2 Å². The van der Waals surface area contributed by atoms with Crippen molar-refractivity contribution in [2.45, 2.75) is 16.2 Å². The first kappa shape index (κ1) is 25.1. The Bertz CT molecular complexity index is 1480. The van der Waals surface area contributed by atoms with Gasteiger partial charge in [0.05, 0.1) is 16.7 Å². The monoisotopic (exact) mass is 539 g/mol. The highest BCUT2D eigenvalue weighted by molar-refractivity contribution is 7.92. The Morgan fingerprint density at radius 3 is 2.49 bits per heavy atom. The maximum Gasteiger partial charge on any atom is 0.283 e. The fraction of sp³-hybridized carbons (Fsp3) is 0.263. The SMILES string of the molecule is CS(=O)(=O)Nc1ccc(-c2ccc(S(=O)(=O)N=CC3CCNC3)c(S(=O)O)c2-c2nn[nH]n2)cc1. The zero-order chi connectivity index (χ0) is 25.2. The number of benzene rings is 2. The molecule has 2 atom stereocenters. The molecule has 4 rings (SSSR count). The van der Waals surface area contributed by atoms with Crippen LogP contribution in [0.3, 0.4) is 0 Å². The van der Waals surface area contributed by atoms with Gasteiger partial charge in [0.1, 0.15) is 4.90 Å². The highest BCUT2D eigenvalue weighted by Crippen LogP contribution is 2.39. The van der Waals surface area contributed by atoms with Crippen molar-refractivity contribution in [3.05, 3.63) is 36.4 Å². The van der Waals surface area contributed by atoms with E-state index in [4.69, 9.17) is 0 Å². The molecule has 0 radical (unpaired) electrons. The molecule has 4 N–H and O–H groups in total. The number of hydrogen-bond acceptors (Lipinski definition) is 9. The summed E-state index contributed by atoms with van der Waals surface area (Å²) >= 11 is -2.77. The van der Waals surface area contributed by atoms with Crippen LogP contribution in [0.25, 0.3) is 22.5 Å². The third kappa shape index (κ3) is 5.79. The lowest BCUT2D eigenvalue weighted by atomic mass is 9.99. The summed E-state index contributed by atoms with van der Waals surface area (Å²) in [5, 5.41) is 16.6. The van der Waals surface area contributed by atoms with Crippen LogP contribution in [0.1, 0.15) is 6.42 Å². The average Bonchev–Trinajstić information content (AvgIpc) is 3.50. The summed E-state index contributed by atoms with van der Waals surface area (Å²) in [7, 11) is -7.83. The maximum atomic E-state index is 13.1. The van der Waals surface area contributed by atoms with Crippen LogP contribution in [0.4, 0.5) is 5.69 Å². The summed E-state index contributed by atoms with van der Waals surface area (Å²) in [6.07, 6.45) is 3.08. The van der Waals surface area contributed by atoms with Crippen molar-refractivity contribution in [2.24, 2.45) is 10.3 Å². The predicted octanol–water partition coefficient (Wildman–Crippen LogP) is 0.855. The molecule has 2 unspecified atom stereocenters. The number of sulfonamides is 2. The normalized spacial score (nSPS) is 17.6. The van der Waals surface area contributed by atoms with Gasteiger partial charge in [-0.25, -0.2) is 12.6 Å². The Morgan fingerprint density at radius 1 is 1.17 bits per heavy atom. The molecule has 3 aromatic rings. The zero-order valence-corrected chi connectivity index (χ0v) is 20.7. The van der Waals surface area contributed by atoms with Crippen molar-refractivity contribution in [3.8, 4) is 22.5 Å². The van der Waals surface area contributed by atoms with E-state index in [1.54, 1.807) is 12.1 Å². The molecule has 2 aromatic carbocycles. The summed E-state index contributed by atoms with van der Waals surface area (Å²) < 4.78 is 77.8. The number of nitrogens with zero attached hydrogens (tertiary/aromatic N) is 4. The lowest BCUT2D eigenvalue weighted by molar-refractivity contribution is 0.559. The van der Waals surface area contributed by atoms with Crippen LogP contribution in [0.5, 0.6) is 0 Å².